The number of nitriles is 1. The Balaban J connectivity index is 3.02. The molecule has 1 amide bonds. The van der Waals surface area contributed by atoms with E-state index in [2.05, 4.69) is 11.9 Å². The molecule has 12 heavy (non-hydrogen) atoms. The molecule has 0 aromatic heterocycles. The fourth-order valence-corrected chi connectivity index (χ4v) is 0.827. The molecule has 1 heterocycles. The number of primary amides is 1. The van der Waals surface area contributed by atoms with E-state index < -0.39 is 5.91 Å². The average molecular weight is 161 g/mol. The molecule has 4 nitrogen and oxygen atoms in total. The quantitative estimate of drug-likeness (QED) is 0.564. The fraction of sp³-hybridized carbons (Fsp3) is 0. The molecule has 0 unspecified atom stereocenters. The number of amides is 1. The molecule has 0 bridgehead atoms. The van der Waals surface area contributed by atoms with Gasteiger partial charge in [0.15, 0.2) is 0 Å². The van der Waals surface area contributed by atoms with Crippen molar-refractivity contribution in [2.75, 3.05) is 0 Å². The minimum Gasteiger partial charge on any atom is -0.364 e. The highest BCUT2D eigenvalue weighted by Crippen LogP contribution is 2.09. The van der Waals surface area contributed by atoms with Crippen LogP contribution >= 0.6 is 0 Å². The van der Waals surface area contributed by atoms with Crippen molar-refractivity contribution in [3.8, 4) is 6.07 Å². The summed E-state index contributed by atoms with van der Waals surface area (Å²) in [6.07, 6.45) is 2.92. The number of nitrogens with two attached hydrogens (primary N) is 1. The summed E-state index contributed by atoms with van der Waals surface area (Å²) in [6, 6.07) is 1.90. The lowest BCUT2D eigenvalue weighted by atomic mass is 10.1. The maximum Gasteiger partial charge on any atom is 0.265 e. The van der Waals surface area contributed by atoms with Crippen molar-refractivity contribution in [2.24, 2.45) is 5.73 Å². The fourth-order valence-electron chi connectivity index (χ4n) is 0.827. The third-order valence-electron chi connectivity index (χ3n) is 1.32. The number of carbonyl (C=O) groups excluding carboxylic acids is 1. The predicted octanol–water partition coefficient (Wildman–Crippen LogP) is -0.0775. The predicted molar refractivity (Wildman–Crippen MR) is 43.2 cm³/mol. The highest BCUT2D eigenvalue weighted by Gasteiger charge is 2.10. The smallest absolute Gasteiger partial charge is 0.265 e. The van der Waals surface area contributed by atoms with Crippen LogP contribution in [0.2, 0.25) is 0 Å². The Morgan fingerprint density at radius 1 is 1.67 bits per heavy atom. The number of nitrogens with zero attached hydrogens (tertiary/aromatic N) is 1. The summed E-state index contributed by atoms with van der Waals surface area (Å²) in [4.78, 5) is 10.7. The standard InChI is InChI=1S/C8H7N3O/c1-5-2-6(4-9)3-7(11-5)8(10)12/h2-3,11H,1H2,(H2,10,12). The Morgan fingerprint density at radius 2 is 2.33 bits per heavy atom. The van der Waals surface area contributed by atoms with Crippen LogP contribution in [0.1, 0.15) is 0 Å². The van der Waals surface area contributed by atoms with Crippen molar-refractivity contribution in [3.63, 3.8) is 0 Å². The van der Waals surface area contributed by atoms with Crippen molar-refractivity contribution in [2.45, 2.75) is 0 Å². The molecule has 0 aromatic carbocycles. The number of dihydropyridines is 1. The Hall–Kier alpha value is -2.02. The average Bonchev–Trinajstić information content (AvgIpc) is 2.03. The van der Waals surface area contributed by atoms with Crippen LogP contribution in [0.4, 0.5) is 0 Å². The van der Waals surface area contributed by atoms with Gasteiger partial charge in [0.25, 0.3) is 5.91 Å². The van der Waals surface area contributed by atoms with Crippen LogP contribution in [0.3, 0.4) is 0 Å². The van der Waals surface area contributed by atoms with Gasteiger partial charge < -0.3 is 11.1 Å². The molecule has 1 rings (SSSR count). The molecule has 60 valence electrons. The van der Waals surface area contributed by atoms with E-state index in [1.54, 1.807) is 0 Å². The van der Waals surface area contributed by atoms with Crippen molar-refractivity contribution in [1.82, 2.24) is 5.32 Å². The van der Waals surface area contributed by atoms with Crippen LogP contribution in [0.15, 0.2) is 35.7 Å². The molecule has 0 saturated carbocycles. The van der Waals surface area contributed by atoms with E-state index >= 15 is 0 Å². The minimum absolute atomic E-state index is 0.194. The minimum atomic E-state index is -0.600. The molecule has 4 heteroatoms. The molecule has 0 spiro atoms. The number of allylic oxidation sites excluding steroid dienone is 3. The van der Waals surface area contributed by atoms with Crippen LogP contribution in [-0.2, 0) is 4.79 Å². The number of hydrogen-bond donors (Lipinski definition) is 2. The number of rotatable bonds is 1. The summed E-state index contributed by atoms with van der Waals surface area (Å²) >= 11 is 0. The van der Waals surface area contributed by atoms with Gasteiger partial charge in [0.2, 0.25) is 0 Å². The van der Waals surface area contributed by atoms with E-state index in [-0.39, 0.29) is 5.70 Å². The van der Waals surface area contributed by atoms with E-state index in [9.17, 15) is 4.79 Å². The topological polar surface area (TPSA) is 78.9 Å². The van der Waals surface area contributed by atoms with Gasteiger partial charge in [-0.05, 0) is 12.2 Å². The van der Waals surface area contributed by atoms with Gasteiger partial charge in [-0.15, -0.1) is 0 Å². The Morgan fingerprint density at radius 3 is 2.83 bits per heavy atom. The molecule has 1 aliphatic heterocycles. The van der Waals surface area contributed by atoms with Crippen molar-refractivity contribution in [1.29, 1.82) is 5.26 Å². The normalized spacial score (nSPS) is 15.4. The summed E-state index contributed by atoms with van der Waals surface area (Å²) in [7, 11) is 0. The number of nitrogens with one attached hydrogen (secondary N) is 1. The molecule has 0 radical (unpaired) electrons. The Bertz CT molecular complexity index is 344. The van der Waals surface area contributed by atoms with Gasteiger partial charge in [0, 0.05) is 5.70 Å². The summed E-state index contributed by atoms with van der Waals surface area (Å²) in [5.41, 5.74) is 6.05. The molecule has 1 aliphatic rings. The largest absolute Gasteiger partial charge is 0.364 e. The van der Waals surface area contributed by atoms with Gasteiger partial charge in [-0.1, -0.05) is 6.58 Å². The molecule has 3 N–H and O–H groups in total. The lowest BCUT2D eigenvalue weighted by Crippen LogP contribution is -2.27. The zero-order valence-electron chi connectivity index (χ0n) is 6.29. The van der Waals surface area contributed by atoms with Crippen LogP contribution in [0.5, 0.6) is 0 Å². The number of hydrogen-bond acceptors (Lipinski definition) is 3. The molecular weight excluding hydrogens is 154 g/mol. The third kappa shape index (κ3) is 1.52. The summed E-state index contributed by atoms with van der Waals surface area (Å²) in [5.74, 6) is -0.600. The molecule has 0 aromatic rings. The SMILES string of the molecule is C=C1C=C(C#N)C=C(C(N)=O)N1. The Labute approximate surface area is 69.7 Å². The molecule has 0 fully saturated rings. The van der Waals surface area contributed by atoms with Gasteiger partial charge >= 0.3 is 0 Å². The lowest BCUT2D eigenvalue weighted by molar-refractivity contribution is -0.114. The summed E-state index contributed by atoms with van der Waals surface area (Å²) in [5, 5.41) is 11.2. The van der Waals surface area contributed by atoms with Crippen LogP contribution in [0.25, 0.3) is 0 Å². The van der Waals surface area contributed by atoms with E-state index in [0.717, 1.165) is 0 Å². The molecule has 0 aliphatic carbocycles. The first-order valence-corrected chi connectivity index (χ1v) is 3.22. The Kier molecular flexibility index (Phi) is 1.97. The maximum absolute atomic E-state index is 10.7. The van der Waals surface area contributed by atoms with E-state index in [1.165, 1.54) is 12.2 Å². The van der Waals surface area contributed by atoms with Crippen molar-refractivity contribution >= 4 is 5.91 Å². The first kappa shape index (κ1) is 8.08. The highest BCUT2D eigenvalue weighted by molar-refractivity contribution is 5.93. The summed E-state index contributed by atoms with van der Waals surface area (Å²) in [6.45, 7) is 3.56. The molecule has 0 atom stereocenters. The van der Waals surface area contributed by atoms with Crippen LogP contribution in [0, 0.1) is 11.3 Å². The zero-order chi connectivity index (χ0) is 9.14. The molecular formula is C8H7N3O. The first-order valence-electron chi connectivity index (χ1n) is 3.22. The maximum atomic E-state index is 10.7. The van der Waals surface area contributed by atoms with Crippen molar-refractivity contribution in [3.05, 3.63) is 35.7 Å². The first-order chi connectivity index (χ1) is 5.63. The van der Waals surface area contributed by atoms with Gasteiger partial charge in [-0.25, -0.2) is 0 Å². The molecule has 0 saturated heterocycles. The zero-order valence-corrected chi connectivity index (χ0v) is 6.29. The highest BCUT2D eigenvalue weighted by atomic mass is 16.1. The van der Waals surface area contributed by atoms with Gasteiger partial charge in [0.05, 0.1) is 11.6 Å². The number of carbonyl (C=O) groups is 1. The van der Waals surface area contributed by atoms with Gasteiger partial charge in [-0.3, -0.25) is 4.79 Å². The second-order valence-corrected chi connectivity index (χ2v) is 2.28. The van der Waals surface area contributed by atoms with Crippen LogP contribution < -0.4 is 11.1 Å². The third-order valence-corrected chi connectivity index (χ3v) is 1.32. The van der Waals surface area contributed by atoms with E-state index in [1.807, 2.05) is 6.07 Å². The van der Waals surface area contributed by atoms with Crippen molar-refractivity contribution < 1.29 is 4.79 Å². The van der Waals surface area contributed by atoms with Gasteiger partial charge in [-0.2, -0.15) is 5.26 Å². The van der Waals surface area contributed by atoms with E-state index in [0.29, 0.717) is 11.3 Å². The second-order valence-electron chi connectivity index (χ2n) is 2.28. The lowest BCUT2D eigenvalue weighted by Gasteiger charge is -2.11. The summed E-state index contributed by atoms with van der Waals surface area (Å²) < 4.78 is 0. The van der Waals surface area contributed by atoms with Crippen LogP contribution in [-0.4, -0.2) is 5.91 Å². The second kappa shape index (κ2) is 2.93. The monoisotopic (exact) mass is 161 g/mol. The van der Waals surface area contributed by atoms with E-state index in [4.69, 9.17) is 11.0 Å². The van der Waals surface area contributed by atoms with Gasteiger partial charge in [0.1, 0.15) is 5.70 Å².